The molecule has 0 aromatic rings. The zero-order valence-corrected chi connectivity index (χ0v) is 6.91. The van der Waals surface area contributed by atoms with Crippen LogP contribution in [0.15, 0.2) is 0 Å². The van der Waals surface area contributed by atoms with E-state index in [1.54, 1.807) is 0 Å². The van der Waals surface area contributed by atoms with E-state index in [2.05, 4.69) is 13.8 Å². The molecule has 0 amide bonds. The third kappa shape index (κ3) is 2.15. The molecule has 0 unspecified atom stereocenters. The Morgan fingerprint density at radius 1 is 1.22 bits per heavy atom. The zero-order valence-electron chi connectivity index (χ0n) is 6.15. The van der Waals surface area contributed by atoms with Crippen molar-refractivity contribution in [2.75, 3.05) is 13.1 Å². The number of halogens is 1. The smallest absolute Gasteiger partial charge is 0.0144 e. The topological polar surface area (TPSA) is 3.24 Å². The first kappa shape index (κ1) is 7.36. The SMILES string of the molecule is CC1(C)CCN(Cl)CC1. The first-order valence-electron chi connectivity index (χ1n) is 3.51. The van der Waals surface area contributed by atoms with Crippen molar-refractivity contribution >= 4 is 11.8 Å². The van der Waals surface area contributed by atoms with Crippen LogP contribution in [0.25, 0.3) is 0 Å². The van der Waals surface area contributed by atoms with Gasteiger partial charge in [-0.05, 0) is 30.0 Å². The third-order valence-corrected chi connectivity index (χ3v) is 2.40. The summed E-state index contributed by atoms with van der Waals surface area (Å²) in [6, 6.07) is 0. The van der Waals surface area contributed by atoms with Crippen LogP contribution in [0.5, 0.6) is 0 Å². The summed E-state index contributed by atoms with van der Waals surface area (Å²) >= 11 is 5.78. The van der Waals surface area contributed by atoms with Crippen LogP contribution in [0, 0.1) is 5.41 Å². The maximum atomic E-state index is 5.78. The van der Waals surface area contributed by atoms with Crippen molar-refractivity contribution in [1.82, 2.24) is 4.42 Å². The van der Waals surface area contributed by atoms with Gasteiger partial charge in [0, 0.05) is 13.1 Å². The predicted octanol–water partition coefficient (Wildman–Crippen LogP) is 2.26. The lowest BCUT2D eigenvalue weighted by atomic mass is 9.83. The average Bonchev–Trinajstić information content (AvgIpc) is 1.78. The summed E-state index contributed by atoms with van der Waals surface area (Å²) in [5.74, 6) is 0. The lowest BCUT2D eigenvalue weighted by Gasteiger charge is -2.32. The molecule has 2 heteroatoms. The molecule has 0 aromatic heterocycles. The number of nitrogens with zero attached hydrogens (tertiary/aromatic N) is 1. The monoisotopic (exact) mass is 147 g/mol. The van der Waals surface area contributed by atoms with E-state index in [0.29, 0.717) is 5.41 Å². The van der Waals surface area contributed by atoms with Gasteiger partial charge in [-0.15, -0.1) is 0 Å². The number of rotatable bonds is 0. The molecule has 0 atom stereocenters. The van der Waals surface area contributed by atoms with Gasteiger partial charge in [0.15, 0.2) is 0 Å². The Labute approximate surface area is 62.1 Å². The highest BCUT2D eigenvalue weighted by molar-refractivity contribution is 6.13. The van der Waals surface area contributed by atoms with Crippen LogP contribution in [-0.2, 0) is 0 Å². The van der Waals surface area contributed by atoms with Crippen LogP contribution in [0.3, 0.4) is 0 Å². The minimum Gasteiger partial charge on any atom is -0.220 e. The predicted molar refractivity (Wildman–Crippen MR) is 40.4 cm³/mol. The molecule has 9 heavy (non-hydrogen) atoms. The van der Waals surface area contributed by atoms with E-state index in [1.165, 1.54) is 12.8 Å². The fraction of sp³-hybridized carbons (Fsp3) is 1.00. The molecular weight excluding hydrogens is 134 g/mol. The Balaban J connectivity index is 2.35. The summed E-state index contributed by atoms with van der Waals surface area (Å²) in [5, 5.41) is 0. The highest BCUT2D eigenvalue weighted by atomic mass is 35.5. The van der Waals surface area contributed by atoms with Crippen LogP contribution in [0.1, 0.15) is 26.7 Å². The molecule has 0 radical (unpaired) electrons. The summed E-state index contributed by atoms with van der Waals surface area (Å²) in [7, 11) is 0. The van der Waals surface area contributed by atoms with Gasteiger partial charge in [0.2, 0.25) is 0 Å². The second-order valence-electron chi connectivity index (χ2n) is 3.57. The van der Waals surface area contributed by atoms with Crippen LogP contribution >= 0.6 is 11.8 Å². The van der Waals surface area contributed by atoms with E-state index in [0.717, 1.165) is 13.1 Å². The van der Waals surface area contributed by atoms with Gasteiger partial charge in [0.05, 0.1) is 0 Å². The van der Waals surface area contributed by atoms with E-state index < -0.39 is 0 Å². The first-order chi connectivity index (χ1) is 4.10. The Morgan fingerprint density at radius 3 is 2.00 bits per heavy atom. The maximum absolute atomic E-state index is 5.78. The van der Waals surface area contributed by atoms with Gasteiger partial charge in [-0.2, -0.15) is 0 Å². The van der Waals surface area contributed by atoms with Crippen molar-refractivity contribution in [2.24, 2.45) is 5.41 Å². The minimum atomic E-state index is 0.533. The largest absolute Gasteiger partial charge is 0.220 e. The van der Waals surface area contributed by atoms with Crippen LogP contribution in [0.2, 0.25) is 0 Å². The molecule has 1 fully saturated rings. The Kier molecular flexibility index (Phi) is 2.02. The second-order valence-corrected chi connectivity index (χ2v) is 4.05. The first-order valence-corrected chi connectivity index (χ1v) is 3.85. The molecule has 0 saturated carbocycles. The number of hydrogen-bond donors (Lipinski definition) is 0. The fourth-order valence-corrected chi connectivity index (χ4v) is 1.25. The van der Waals surface area contributed by atoms with E-state index >= 15 is 0 Å². The molecule has 1 rings (SSSR count). The van der Waals surface area contributed by atoms with Gasteiger partial charge in [0.25, 0.3) is 0 Å². The van der Waals surface area contributed by atoms with Crippen molar-refractivity contribution in [2.45, 2.75) is 26.7 Å². The quantitative estimate of drug-likeness (QED) is 0.475. The van der Waals surface area contributed by atoms with Gasteiger partial charge in [-0.1, -0.05) is 13.8 Å². The molecule has 1 heterocycles. The second kappa shape index (κ2) is 2.47. The van der Waals surface area contributed by atoms with E-state index in [4.69, 9.17) is 11.8 Å². The van der Waals surface area contributed by atoms with E-state index in [9.17, 15) is 0 Å². The van der Waals surface area contributed by atoms with Gasteiger partial charge < -0.3 is 0 Å². The standard InChI is InChI=1S/C7H14ClN/c1-7(2)3-5-9(8)6-4-7/h3-6H2,1-2H3. The molecule has 1 aliphatic rings. The van der Waals surface area contributed by atoms with Crippen molar-refractivity contribution in [1.29, 1.82) is 0 Å². The Bertz CT molecular complexity index is 91.1. The van der Waals surface area contributed by atoms with Crippen molar-refractivity contribution in [3.05, 3.63) is 0 Å². The third-order valence-electron chi connectivity index (χ3n) is 2.06. The molecular formula is C7H14ClN. The molecule has 0 spiro atoms. The van der Waals surface area contributed by atoms with Crippen molar-refractivity contribution < 1.29 is 0 Å². The summed E-state index contributed by atoms with van der Waals surface area (Å²) in [6.07, 6.45) is 2.47. The minimum absolute atomic E-state index is 0.533. The lowest BCUT2D eigenvalue weighted by Crippen LogP contribution is -2.31. The van der Waals surface area contributed by atoms with Gasteiger partial charge in [-0.3, -0.25) is 0 Å². The normalized spacial score (nSPS) is 28.3. The Morgan fingerprint density at radius 2 is 1.67 bits per heavy atom. The summed E-state index contributed by atoms with van der Waals surface area (Å²) in [4.78, 5) is 0. The van der Waals surface area contributed by atoms with Crippen LogP contribution in [-0.4, -0.2) is 17.5 Å². The molecule has 0 aromatic carbocycles. The van der Waals surface area contributed by atoms with Crippen molar-refractivity contribution in [3.8, 4) is 0 Å². The van der Waals surface area contributed by atoms with Crippen molar-refractivity contribution in [3.63, 3.8) is 0 Å². The molecule has 1 nitrogen and oxygen atoms in total. The number of hydrogen-bond acceptors (Lipinski definition) is 1. The molecule has 0 bridgehead atoms. The summed E-state index contributed by atoms with van der Waals surface area (Å²) in [6.45, 7) is 6.71. The molecule has 1 aliphatic heterocycles. The number of piperidine rings is 1. The lowest BCUT2D eigenvalue weighted by molar-refractivity contribution is 0.200. The highest BCUT2D eigenvalue weighted by Crippen LogP contribution is 2.29. The molecule has 0 N–H and O–H groups in total. The van der Waals surface area contributed by atoms with Crippen LogP contribution < -0.4 is 0 Å². The zero-order chi connectivity index (χ0) is 6.91. The highest BCUT2D eigenvalue weighted by Gasteiger charge is 2.23. The summed E-state index contributed by atoms with van der Waals surface area (Å²) in [5.41, 5.74) is 0.533. The van der Waals surface area contributed by atoms with E-state index in [-0.39, 0.29) is 0 Å². The average molecular weight is 148 g/mol. The molecule has 54 valence electrons. The molecule has 1 saturated heterocycles. The Hall–Kier alpha value is 0.250. The fourth-order valence-electron chi connectivity index (χ4n) is 1.08. The van der Waals surface area contributed by atoms with Crippen LogP contribution in [0.4, 0.5) is 0 Å². The van der Waals surface area contributed by atoms with E-state index in [1.807, 2.05) is 4.42 Å². The van der Waals surface area contributed by atoms with Gasteiger partial charge >= 0.3 is 0 Å². The summed E-state index contributed by atoms with van der Waals surface area (Å²) < 4.78 is 1.88. The molecule has 0 aliphatic carbocycles. The maximum Gasteiger partial charge on any atom is 0.0144 e. The van der Waals surface area contributed by atoms with Gasteiger partial charge in [0.1, 0.15) is 0 Å². The van der Waals surface area contributed by atoms with Gasteiger partial charge in [-0.25, -0.2) is 4.42 Å².